The summed E-state index contributed by atoms with van der Waals surface area (Å²) >= 11 is 0. The molecule has 3 rings (SSSR count). The molecule has 2 heterocycles. The molecule has 0 radical (unpaired) electrons. The topological polar surface area (TPSA) is 96.7 Å². The number of nitriles is 1. The van der Waals surface area contributed by atoms with E-state index in [1.165, 1.54) is 0 Å². The van der Waals surface area contributed by atoms with Crippen molar-refractivity contribution in [2.24, 2.45) is 0 Å². The lowest BCUT2D eigenvalue weighted by Crippen LogP contribution is -1.99. The van der Waals surface area contributed by atoms with Gasteiger partial charge in [0.05, 0.1) is 5.56 Å². The number of ether oxygens (including phenoxy) is 2. The smallest absolute Gasteiger partial charge is 0.197 e. The van der Waals surface area contributed by atoms with Gasteiger partial charge in [0.2, 0.25) is 0 Å². The Morgan fingerprint density at radius 1 is 1.26 bits per heavy atom. The number of nitrogens with one attached hydrogen (secondary N) is 1. The summed E-state index contributed by atoms with van der Waals surface area (Å²) in [7, 11) is 0. The highest BCUT2D eigenvalue weighted by molar-refractivity contribution is 5.75. The van der Waals surface area contributed by atoms with Gasteiger partial charge in [-0.05, 0) is 12.1 Å². The number of fused-ring (bicyclic) bond motifs is 1. The van der Waals surface area contributed by atoms with Gasteiger partial charge in [-0.15, -0.1) is 0 Å². The highest BCUT2D eigenvalue weighted by Crippen LogP contribution is 2.32. The maximum Gasteiger partial charge on any atom is 0.197 e. The van der Waals surface area contributed by atoms with Crippen molar-refractivity contribution in [3.63, 3.8) is 0 Å². The van der Waals surface area contributed by atoms with E-state index in [0.717, 1.165) is 0 Å². The molecule has 0 bridgehead atoms. The first-order valence-electron chi connectivity index (χ1n) is 6.86. The minimum atomic E-state index is -0.0748. The molecule has 0 amide bonds. The zero-order chi connectivity index (χ0) is 16.1. The van der Waals surface area contributed by atoms with Crippen LogP contribution in [0.1, 0.15) is 0 Å². The van der Waals surface area contributed by atoms with Crippen molar-refractivity contribution < 1.29 is 9.47 Å². The number of aromatic amines is 1. The Kier molecular flexibility index (Phi) is 4.16. The third-order valence-corrected chi connectivity index (χ3v) is 3.00. The van der Waals surface area contributed by atoms with Crippen LogP contribution >= 0.6 is 0 Å². The Morgan fingerprint density at radius 2 is 2.13 bits per heavy atom. The van der Waals surface area contributed by atoms with Crippen LogP contribution in [-0.2, 0) is 0 Å². The summed E-state index contributed by atoms with van der Waals surface area (Å²) in [5.74, 6) is 1.68. The number of benzene rings is 1. The molecule has 0 saturated carbocycles. The number of imidazole rings is 1. The Bertz CT molecular complexity index is 849. The highest BCUT2D eigenvalue weighted by Gasteiger charge is 2.13. The van der Waals surface area contributed by atoms with Crippen LogP contribution in [0.2, 0.25) is 0 Å². The number of hydrogen-bond donors (Lipinski definition) is 1. The molecule has 7 heteroatoms. The lowest BCUT2D eigenvalue weighted by Gasteiger charge is -2.10. The van der Waals surface area contributed by atoms with Crippen molar-refractivity contribution in [3.05, 3.63) is 43.2 Å². The highest BCUT2D eigenvalue weighted by atomic mass is 16.5. The number of nitrogens with zero attached hydrogens (tertiary/aromatic N) is 4. The fourth-order valence-corrected chi connectivity index (χ4v) is 2.05. The molecular weight excluding hydrogens is 294 g/mol. The molecule has 0 unspecified atom stereocenters. The van der Waals surface area contributed by atoms with E-state index < -0.39 is 0 Å². The van der Waals surface area contributed by atoms with Gasteiger partial charge in [-0.25, -0.2) is 15.0 Å². The van der Waals surface area contributed by atoms with Gasteiger partial charge in [0.15, 0.2) is 17.9 Å². The van der Waals surface area contributed by atoms with Gasteiger partial charge in [0.1, 0.15) is 30.0 Å². The van der Waals surface area contributed by atoms with E-state index in [9.17, 15) is 0 Å². The molecule has 0 fully saturated rings. The van der Waals surface area contributed by atoms with Gasteiger partial charge in [0.25, 0.3) is 0 Å². The van der Waals surface area contributed by atoms with Crippen molar-refractivity contribution in [1.82, 2.24) is 19.9 Å². The molecule has 3 aromatic rings. The van der Waals surface area contributed by atoms with E-state index in [1.807, 2.05) is 12.1 Å². The second-order valence-corrected chi connectivity index (χ2v) is 4.52. The van der Waals surface area contributed by atoms with E-state index in [1.54, 1.807) is 30.6 Å². The Balaban J connectivity index is 2.02. The molecular formula is C16H13N5O2. The van der Waals surface area contributed by atoms with E-state index in [-0.39, 0.29) is 6.61 Å². The fraction of sp³-hybridized carbons (Fsp3) is 0.125. The maximum atomic E-state index is 8.75. The molecule has 7 nitrogen and oxygen atoms in total. The molecule has 2 aromatic heterocycles. The summed E-state index contributed by atoms with van der Waals surface area (Å²) in [6.45, 7) is 3.92. The van der Waals surface area contributed by atoms with Crippen molar-refractivity contribution in [1.29, 1.82) is 5.26 Å². The number of aromatic nitrogens is 4. The van der Waals surface area contributed by atoms with Crippen LogP contribution in [0, 0.1) is 11.3 Å². The van der Waals surface area contributed by atoms with Crippen molar-refractivity contribution in [2.75, 3.05) is 13.2 Å². The van der Waals surface area contributed by atoms with Gasteiger partial charge in [-0.3, -0.25) is 0 Å². The maximum absolute atomic E-state index is 8.75. The van der Waals surface area contributed by atoms with Gasteiger partial charge in [-0.1, -0.05) is 12.7 Å². The van der Waals surface area contributed by atoms with Crippen molar-refractivity contribution in [2.45, 2.75) is 0 Å². The third-order valence-electron chi connectivity index (χ3n) is 3.00. The minimum Gasteiger partial charge on any atom is -0.489 e. The average Bonchev–Trinajstić information content (AvgIpc) is 3.02. The zero-order valence-electron chi connectivity index (χ0n) is 12.2. The average molecular weight is 307 g/mol. The Morgan fingerprint density at radius 3 is 2.91 bits per heavy atom. The fourth-order valence-electron chi connectivity index (χ4n) is 2.05. The van der Waals surface area contributed by atoms with E-state index in [2.05, 4.69) is 26.5 Å². The van der Waals surface area contributed by atoms with Gasteiger partial charge in [-0.2, -0.15) is 5.26 Å². The zero-order valence-corrected chi connectivity index (χ0v) is 12.2. The van der Waals surface area contributed by atoms with Gasteiger partial charge >= 0.3 is 0 Å². The van der Waals surface area contributed by atoms with Crippen LogP contribution < -0.4 is 9.47 Å². The van der Waals surface area contributed by atoms with E-state index in [4.69, 9.17) is 14.7 Å². The number of rotatable bonds is 6. The van der Waals surface area contributed by atoms with E-state index in [0.29, 0.717) is 40.8 Å². The van der Waals surface area contributed by atoms with Gasteiger partial charge < -0.3 is 14.5 Å². The first-order valence-corrected chi connectivity index (χ1v) is 6.86. The molecule has 0 aliphatic heterocycles. The molecule has 114 valence electrons. The standard InChI is InChI=1S/C16H13N5O2/c1-2-8-22-11-3-4-12(13(10-11)23-9-5-17)14-20-15-16(21-14)19-7-6-18-15/h2-4,6-7,10H,1,8-9H2,(H,18,19,20,21). The second-order valence-electron chi connectivity index (χ2n) is 4.52. The largest absolute Gasteiger partial charge is 0.489 e. The summed E-state index contributed by atoms with van der Waals surface area (Å²) in [6, 6.07) is 7.27. The summed E-state index contributed by atoms with van der Waals surface area (Å²) in [4.78, 5) is 15.8. The molecule has 0 spiro atoms. The van der Waals surface area contributed by atoms with Crippen LogP contribution in [-0.4, -0.2) is 33.1 Å². The van der Waals surface area contributed by atoms with Crippen molar-refractivity contribution >= 4 is 11.3 Å². The molecule has 0 atom stereocenters. The van der Waals surface area contributed by atoms with Crippen LogP contribution in [0.15, 0.2) is 43.2 Å². The number of H-pyrrole nitrogens is 1. The van der Waals surface area contributed by atoms with Crippen molar-refractivity contribution in [3.8, 4) is 29.0 Å². The SMILES string of the molecule is C=CCOc1ccc(-c2nc3nccnc3[nH]2)c(OCC#N)c1. The number of hydrogen-bond acceptors (Lipinski definition) is 6. The molecule has 0 aliphatic carbocycles. The first-order chi connectivity index (χ1) is 11.3. The summed E-state index contributed by atoms with van der Waals surface area (Å²) < 4.78 is 11.0. The summed E-state index contributed by atoms with van der Waals surface area (Å²) in [5, 5.41) is 8.75. The molecule has 0 saturated heterocycles. The summed E-state index contributed by atoms with van der Waals surface area (Å²) in [6.07, 6.45) is 4.82. The second kappa shape index (κ2) is 6.58. The molecule has 23 heavy (non-hydrogen) atoms. The Hall–Kier alpha value is -3.40. The summed E-state index contributed by atoms with van der Waals surface area (Å²) in [5.41, 5.74) is 1.80. The van der Waals surface area contributed by atoms with Crippen LogP contribution in [0.5, 0.6) is 11.5 Å². The van der Waals surface area contributed by atoms with Crippen LogP contribution in [0.3, 0.4) is 0 Å². The van der Waals surface area contributed by atoms with Crippen LogP contribution in [0.4, 0.5) is 0 Å². The van der Waals surface area contributed by atoms with Crippen LogP contribution in [0.25, 0.3) is 22.7 Å². The molecule has 1 aromatic carbocycles. The third kappa shape index (κ3) is 3.11. The predicted molar refractivity (Wildman–Crippen MR) is 83.9 cm³/mol. The molecule has 0 aliphatic rings. The molecule has 1 N–H and O–H groups in total. The Labute approximate surface area is 132 Å². The minimum absolute atomic E-state index is 0.0748. The van der Waals surface area contributed by atoms with Gasteiger partial charge in [0, 0.05) is 18.5 Å². The predicted octanol–water partition coefficient (Wildman–Crippen LogP) is 2.49. The lowest BCUT2D eigenvalue weighted by molar-refractivity contribution is 0.348. The lowest BCUT2D eigenvalue weighted by atomic mass is 10.2. The quantitative estimate of drug-likeness (QED) is 0.703. The first kappa shape index (κ1) is 14.5. The van der Waals surface area contributed by atoms with E-state index >= 15 is 0 Å². The normalized spacial score (nSPS) is 10.2. The monoisotopic (exact) mass is 307 g/mol.